The number of hydrogen-bond acceptors (Lipinski definition) is 3. The molecule has 17 heavy (non-hydrogen) atoms. The van der Waals surface area contributed by atoms with Crippen molar-refractivity contribution in [1.82, 2.24) is 25.4 Å². The molecule has 1 aromatic heterocycles. The Labute approximate surface area is 102 Å². The van der Waals surface area contributed by atoms with Gasteiger partial charge in [-0.05, 0) is 19.3 Å². The van der Waals surface area contributed by atoms with Crippen LogP contribution in [0.1, 0.15) is 26.1 Å². The van der Waals surface area contributed by atoms with Crippen molar-refractivity contribution in [3.63, 3.8) is 0 Å². The van der Waals surface area contributed by atoms with Gasteiger partial charge in [0.05, 0.1) is 6.54 Å². The van der Waals surface area contributed by atoms with Gasteiger partial charge in [-0.2, -0.15) is 0 Å². The molecule has 0 spiro atoms. The summed E-state index contributed by atoms with van der Waals surface area (Å²) in [6.07, 6.45) is 2.97. The second-order valence-electron chi connectivity index (χ2n) is 4.42. The number of aryl methyl sites for hydroxylation is 1. The van der Waals surface area contributed by atoms with Crippen molar-refractivity contribution in [1.29, 1.82) is 0 Å². The monoisotopic (exact) mass is 236 g/mol. The number of nitrogens with one attached hydrogen (secondary N) is 2. The fraction of sp³-hybridized carbons (Fsp3) is 0.727. The number of hydrogen-bond donors (Lipinski definition) is 2. The van der Waals surface area contributed by atoms with Gasteiger partial charge in [-0.1, -0.05) is 6.92 Å². The maximum Gasteiger partial charge on any atom is 0.191 e. The first-order valence-corrected chi connectivity index (χ1v) is 6.08. The van der Waals surface area contributed by atoms with E-state index in [0.29, 0.717) is 12.6 Å². The van der Waals surface area contributed by atoms with E-state index in [2.05, 4.69) is 39.7 Å². The van der Waals surface area contributed by atoms with Crippen molar-refractivity contribution in [3.8, 4) is 0 Å². The Balaban J connectivity index is 1.83. The summed E-state index contributed by atoms with van der Waals surface area (Å²) in [7, 11) is 1.78. The molecule has 94 valence electrons. The molecule has 1 saturated carbocycles. The van der Waals surface area contributed by atoms with Gasteiger partial charge in [0.1, 0.15) is 6.33 Å². The minimum atomic E-state index is 0.574. The third kappa shape index (κ3) is 2.95. The number of guanidine groups is 1. The quantitative estimate of drug-likeness (QED) is 0.585. The summed E-state index contributed by atoms with van der Waals surface area (Å²) in [6, 6.07) is 0.574. The summed E-state index contributed by atoms with van der Waals surface area (Å²) in [5.41, 5.74) is 0. The minimum absolute atomic E-state index is 0.574. The van der Waals surface area contributed by atoms with E-state index in [1.165, 1.54) is 6.42 Å². The molecule has 0 bridgehead atoms. The highest BCUT2D eigenvalue weighted by molar-refractivity contribution is 5.80. The number of aromatic nitrogens is 3. The molecule has 1 aliphatic carbocycles. The van der Waals surface area contributed by atoms with Crippen molar-refractivity contribution < 1.29 is 0 Å². The van der Waals surface area contributed by atoms with E-state index in [1.807, 2.05) is 4.57 Å². The molecule has 1 heterocycles. The van der Waals surface area contributed by atoms with E-state index in [-0.39, 0.29) is 0 Å². The maximum absolute atomic E-state index is 4.19. The zero-order chi connectivity index (χ0) is 12.3. The molecule has 6 heteroatoms. The molecule has 1 aliphatic rings. The van der Waals surface area contributed by atoms with Gasteiger partial charge in [-0.25, -0.2) is 0 Å². The lowest BCUT2D eigenvalue weighted by molar-refractivity contribution is 0.667. The lowest BCUT2D eigenvalue weighted by atomic mass is 10.5. The summed E-state index contributed by atoms with van der Waals surface area (Å²) in [5, 5.41) is 14.6. The van der Waals surface area contributed by atoms with Crippen molar-refractivity contribution in [3.05, 3.63) is 12.2 Å². The second-order valence-corrected chi connectivity index (χ2v) is 4.42. The molecule has 1 aromatic rings. The minimum Gasteiger partial charge on any atom is -0.353 e. The third-order valence-electron chi connectivity index (χ3n) is 3.11. The molecule has 2 rings (SSSR count). The molecule has 2 unspecified atom stereocenters. The Morgan fingerprint density at radius 2 is 2.41 bits per heavy atom. The molecular formula is C11H20N6. The predicted molar refractivity (Wildman–Crippen MR) is 66.6 cm³/mol. The van der Waals surface area contributed by atoms with E-state index < -0.39 is 0 Å². The van der Waals surface area contributed by atoms with Gasteiger partial charge in [0, 0.05) is 19.6 Å². The Hall–Kier alpha value is -1.59. The summed E-state index contributed by atoms with van der Waals surface area (Å²) < 4.78 is 2.01. The van der Waals surface area contributed by atoms with Gasteiger partial charge in [-0.3, -0.25) is 4.99 Å². The van der Waals surface area contributed by atoms with Crippen LogP contribution in [0.5, 0.6) is 0 Å². The van der Waals surface area contributed by atoms with Crippen molar-refractivity contribution in [2.24, 2.45) is 10.9 Å². The number of rotatable bonds is 4. The molecule has 0 amide bonds. The van der Waals surface area contributed by atoms with Gasteiger partial charge in [0.25, 0.3) is 0 Å². The fourth-order valence-corrected chi connectivity index (χ4v) is 1.74. The molecule has 6 nitrogen and oxygen atoms in total. The van der Waals surface area contributed by atoms with Gasteiger partial charge >= 0.3 is 0 Å². The van der Waals surface area contributed by atoms with Crippen LogP contribution in [-0.2, 0) is 13.1 Å². The Kier molecular flexibility index (Phi) is 3.61. The highest BCUT2D eigenvalue weighted by Crippen LogP contribution is 2.28. The lowest BCUT2D eigenvalue weighted by Crippen LogP contribution is -2.39. The van der Waals surface area contributed by atoms with Crippen molar-refractivity contribution in [2.45, 2.75) is 39.4 Å². The zero-order valence-corrected chi connectivity index (χ0v) is 10.6. The van der Waals surface area contributed by atoms with Crippen LogP contribution in [0.4, 0.5) is 0 Å². The van der Waals surface area contributed by atoms with Crippen LogP contribution >= 0.6 is 0 Å². The van der Waals surface area contributed by atoms with Crippen LogP contribution in [0.25, 0.3) is 0 Å². The topological polar surface area (TPSA) is 67.1 Å². The summed E-state index contributed by atoms with van der Waals surface area (Å²) >= 11 is 0. The van der Waals surface area contributed by atoms with Crippen molar-refractivity contribution in [2.75, 3.05) is 7.05 Å². The Morgan fingerprint density at radius 1 is 1.65 bits per heavy atom. The summed E-state index contributed by atoms with van der Waals surface area (Å²) in [6.45, 7) is 5.84. The van der Waals surface area contributed by atoms with E-state index >= 15 is 0 Å². The highest BCUT2D eigenvalue weighted by atomic mass is 15.3. The largest absolute Gasteiger partial charge is 0.353 e. The second kappa shape index (κ2) is 5.16. The van der Waals surface area contributed by atoms with Gasteiger partial charge in [0.2, 0.25) is 0 Å². The molecule has 0 aromatic carbocycles. The maximum atomic E-state index is 4.19. The van der Waals surface area contributed by atoms with E-state index in [9.17, 15) is 0 Å². The molecule has 1 fully saturated rings. The molecular weight excluding hydrogens is 216 g/mol. The van der Waals surface area contributed by atoms with Crippen LogP contribution in [0, 0.1) is 5.92 Å². The van der Waals surface area contributed by atoms with E-state index in [4.69, 9.17) is 0 Å². The zero-order valence-electron chi connectivity index (χ0n) is 10.6. The molecule has 2 atom stereocenters. The van der Waals surface area contributed by atoms with Crippen LogP contribution in [0.2, 0.25) is 0 Å². The van der Waals surface area contributed by atoms with Crippen LogP contribution < -0.4 is 10.6 Å². The lowest BCUT2D eigenvalue weighted by Gasteiger charge is -2.11. The van der Waals surface area contributed by atoms with Crippen molar-refractivity contribution >= 4 is 5.96 Å². The summed E-state index contributed by atoms with van der Waals surface area (Å²) in [5.74, 6) is 2.53. The first-order valence-electron chi connectivity index (χ1n) is 6.08. The first kappa shape index (κ1) is 11.9. The molecule has 0 aliphatic heterocycles. The Morgan fingerprint density at radius 3 is 3.00 bits per heavy atom. The summed E-state index contributed by atoms with van der Waals surface area (Å²) in [4.78, 5) is 4.19. The smallest absolute Gasteiger partial charge is 0.191 e. The third-order valence-corrected chi connectivity index (χ3v) is 3.11. The molecule has 2 N–H and O–H groups in total. The van der Waals surface area contributed by atoms with Gasteiger partial charge in [-0.15, -0.1) is 10.2 Å². The van der Waals surface area contributed by atoms with E-state index in [0.717, 1.165) is 24.2 Å². The molecule has 0 radical (unpaired) electrons. The average Bonchev–Trinajstić information content (AvgIpc) is 2.85. The van der Waals surface area contributed by atoms with Gasteiger partial charge < -0.3 is 15.2 Å². The normalized spacial score (nSPS) is 23.6. The van der Waals surface area contributed by atoms with Crippen LogP contribution in [0.3, 0.4) is 0 Å². The number of nitrogens with zero attached hydrogens (tertiary/aromatic N) is 4. The van der Waals surface area contributed by atoms with Gasteiger partial charge in [0.15, 0.2) is 11.8 Å². The first-order chi connectivity index (χ1) is 8.24. The SMILES string of the molecule is CCn1cnnc1CNC(=NC)NC1CC1C. The van der Waals surface area contributed by atoms with Crippen LogP contribution in [0.15, 0.2) is 11.3 Å². The van der Waals surface area contributed by atoms with E-state index in [1.54, 1.807) is 13.4 Å². The number of aliphatic imine (C=N–C) groups is 1. The highest BCUT2D eigenvalue weighted by Gasteiger charge is 2.33. The average molecular weight is 236 g/mol. The fourth-order valence-electron chi connectivity index (χ4n) is 1.74. The predicted octanol–water partition coefficient (Wildman–Crippen LogP) is 0.371. The Bertz CT molecular complexity index is 396. The molecule has 0 saturated heterocycles. The van der Waals surface area contributed by atoms with Crippen LogP contribution in [-0.4, -0.2) is 33.8 Å². The standard InChI is InChI=1S/C11H20N6/c1-4-17-7-14-16-10(17)6-13-11(12-3)15-9-5-8(9)2/h7-9H,4-6H2,1-3H3,(H2,12,13,15).